The second-order valence-corrected chi connectivity index (χ2v) is 12.4. The fourth-order valence-corrected chi connectivity index (χ4v) is 4.11. The Morgan fingerprint density at radius 2 is 0.973 bits per heavy atom. The first-order valence-electron chi connectivity index (χ1n) is 15.6. The Morgan fingerprint density at radius 3 is 1.24 bits per heavy atom. The molecule has 0 heterocycles. The maximum Gasteiger partial charge on any atom is 0.323 e. The van der Waals surface area contributed by atoms with Gasteiger partial charge in [-0.1, -0.05) is 149 Å². The molecule has 0 aliphatic rings. The molecule has 0 aromatic rings. The zero-order chi connectivity index (χ0) is 28.2. The van der Waals surface area contributed by atoms with Crippen molar-refractivity contribution in [1.82, 2.24) is 0 Å². The van der Waals surface area contributed by atoms with Gasteiger partial charge in [0.15, 0.2) is 0 Å². The quantitative estimate of drug-likeness (QED) is 0.0670. The first-order chi connectivity index (χ1) is 17.7. The summed E-state index contributed by atoms with van der Waals surface area (Å²) in [5, 5.41) is 0. The smallest absolute Gasteiger partial charge is 0.323 e. The maximum atomic E-state index is 11.8. The van der Waals surface area contributed by atoms with Crippen LogP contribution in [0.1, 0.15) is 163 Å². The number of esters is 1. The minimum atomic E-state index is -3.66. The molecule has 2 atom stereocenters. The van der Waals surface area contributed by atoms with Crippen molar-refractivity contribution in [3.63, 3.8) is 0 Å². The molecule has 37 heavy (non-hydrogen) atoms. The highest BCUT2D eigenvalue weighted by molar-refractivity contribution is 7.85. The minimum absolute atomic E-state index is 0.197. The van der Waals surface area contributed by atoms with Gasteiger partial charge in [0.2, 0.25) is 0 Å². The van der Waals surface area contributed by atoms with Gasteiger partial charge in [-0.25, -0.2) is 0 Å². The Labute approximate surface area is 231 Å². The van der Waals surface area contributed by atoms with Crippen LogP contribution < -0.4 is 5.73 Å². The van der Waals surface area contributed by atoms with Gasteiger partial charge in [-0.15, -0.1) is 0 Å². The summed E-state index contributed by atoms with van der Waals surface area (Å²) < 4.78 is 32.2. The predicted octanol–water partition coefficient (Wildman–Crippen LogP) is 8.62. The predicted molar refractivity (Wildman–Crippen MR) is 158 cm³/mol. The minimum Gasteiger partial charge on any atom is -0.465 e. The van der Waals surface area contributed by atoms with Crippen molar-refractivity contribution in [2.45, 2.75) is 169 Å². The number of rotatable bonds is 25. The molecule has 0 saturated carbocycles. The highest BCUT2D eigenvalue weighted by atomic mass is 32.2. The summed E-state index contributed by atoms with van der Waals surface area (Å²) in [6.07, 6.45) is 28.5. The Bertz CT molecular complexity index is 583. The van der Waals surface area contributed by atoms with Gasteiger partial charge in [0, 0.05) is 0 Å². The average Bonchev–Trinajstić information content (AvgIpc) is 2.88. The molecule has 224 valence electrons. The van der Waals surface area contributed by atoms with Gasteiger partial charge in [0.1, 0.15) is 6.04 Å². The van der Waals surface area contributed by atoms with E-state index in [-0.39, 0.29) is 17.6 Å². The normalized spacial score (nSPS) is 13.0. The third-order valence-corrected chi connectivity index (χ3v) is 7.87. The zero-order valence-electron chi connectivity index (χ0n) is 25.0. The lowest BCUT2D eigenvalue weighted by Crippen LogP contribution is -2.38. The molecule has 0 unspecified atom stereocenters. The van der Waals surface area contributed by atoms with E-state index >= 15 is 0 Å². The summed E-state index contributed by atoms with van der Waals surface area (Å²) in [4.78, 5) is 11.8. The van der Waals surface area contributed by atoms with Crippen LogP contribution in [0.25, 0.3) is 0 Å². The second kappa shape index (κ2) is 28.4. The first kappa shape index (κ1) is 38.5. The van der Waals surface area contributed by atoms with Crippen molar-refractivity contribution in [2.75, 3.05) is 12.4 Å². The lowest BCUT2D eigenvalue weighted by atomic mass is 10.0. The van der Waals surface area contributed by atoms with E-state index in [2.05, 4.69) is 13.8 Å². The molecule has 7 heteroatoms. The van der Waals surface area contributed by atoms with Gasteiger partial charge in [-0.05, 0) is 19.3 Å². The Hall–Kier alpha value is -0.660. The van der Waals surface area contributed by atoms with Gasteiger partial charge in [-0.2, -0.15) is 8.42 Å². The summed E-state index contributed by atoms with van der Waals surface area (Å²) >= 11 is 0. The molecule has 0 radical (unpaired) electrons. The molecule has 0 aromatic heterocycles. The summed E-state index contributed by atoms with van der Waals surface area (Å²) in [7, 11) is -3.66. The summed E-state index contributed by atoms with van der Waals surface area (Å²) in [5.41, 5.74) is 5.89. The highest BCUT2D eigenvalue weighted by Crippen LogP contribution is 2.15. The van der Waals surface area contributed by atoms with Crippen LogP contribution in [-0.2, 0) is 19.6 Å². The summed E-state index contributed by atoms with van der Waals surface area (Å²) in [5.74, 6) is -0.234. The Morgan fingerprint density at radius 1 is 0.676 bits per heavy atom. The van der Waals surface area contributed by atoms with E-state index in [0.29, 0.717) is 6.61 Å². The number of carbonyl (C=O) groups excluding carboxylic acids is 1. The zero-order valence-corrected chi connectivity index (χ0v) is 25.8. The van der Waals surface area contributed by atoms with E-state index in [0.717, 1.165) is 19.3 Å². The molecule has 0 rings (SSSR count). The fraction of sp³-hybridized carbons (Fsp3) is 0.967. The van der Waals surface area contributed by atoms with Gasteiger partial charge in [0.25, 0.3) is 10.1 Å². The standard InChI is InChI=1S/C28H57NO2.C2H6O3S/c1-4-6-7-8-9-10-11-12-13-14-15-16-17-18-19-20-21-22-23-24-25-31-28(30)27(29)26(3)5-2;1-2-6(3,4)5/h26-27H,4-25,29H2,1-3H3;2H2,1H3,(H,3,4,5)/t26-,27-;/m0./s1. The molecular weight excluding hydrogens is 486 g/mol. The van der Waals surface area contributed by atoms with E-state index in [1.807, 2.05) is 6.92 Å². The van der Waals surface area contributed by atoms with E-state index in [1.165, 1.54) is 122 Å². The van der Waals surface area contributed by atoms with Crippen molar-refractivity contribution in [3.8, 4) is 0 Å². The van der Waals surface area contributed by atoms with Crippen LogP contribution in [0, 0.1) is 5.92 Å². The Balaban J connectivity index is 0. The van der Waals surface area contributed by atoms with E-state index in [9.17, 15) is 13.2 Å². The molecule has 0 fully saturated rings. The molecule has 0 amide bonds. The molecule has 3 N–H and O–H groups in total. The molecule has 0 aliphatic carbocycles. The van der Waals surface area contributed by atoms with Crippen molar-refractivity contribution in [2.24, 2.45) is 11.7 Å². The van der Waals surface area contributed by atoms with Crippen LogP contribution in [0.4, 0.5) is 0 Å². The number of carbonyl (C=O) groups is 1. The highest BCUT2D eigenvalue weighted by Gasteiger charge is 2.20. The van der Waals surface area contributed by atoms with Crippen LogP contribution in [0.5, 0.6) is 0 Å². The number of ether oxygens (including phenoxy) is 1. The molecule has 0 spiro atoms. The Kier molecular flexibility index (Phi) is 29.5. The fourth-order valence-electron chi connectivity index (χ4n) is 4.11. The van der Waals surface area contributed by atoms with Crippen molar-refractivity contribution >= 4 is 16.1 Å². The van der Waals surface area contributed by atoms with Crippen molar-refractivity contribution < 1.29 is 22.5 Å². The van der Waals surface area contributed by atoms with Gasteiger partial charge in [-0.3, -0.25) is 9.35 Å². The largest absolute Gasteiger partial charge is 0.465 e. The number of hydrogen-bond donors (Lipinski definition) is 2. The number of unbranched alkanes of at least 4 members (excludes halogenated alkanes) is 19. The topological polar surface area (TPSA) is 107 Å². The lowest BCUT2D eigenvalue weighted by molar-refractivity contribution is -0.146. The maximum absolute atomic E-state index is 11.8. The van der Waals surface area contributed by atoms with E-state index < -0.39 is 16.2 Å². The van der Waals surface area contributed by atoms with Gasteiger partial charge >= 0.3 is 5.97 Å². The molecule has 0 aromatic carbocycles. The summed E-state index contributed by atoms with van der Waals surface area (Å²) in [6, 6.07) is -0.463. The average molecular weight is 550 g/mol. The monoisotopic (exact) mass is 549 g/mol. The molecule has 0 saturated heterocycles. The van der Waals surface area contributed by atoms with E-state index in [4.69, 9.17) is 15.0 Å². The van der Waals surface area contributed by atoms with Crippen LogP contribution in [0.3, 0.4) is 0 Å². The van der Waals surface area contributed by atoms with Crippen molar-refractivity contribution in [3.05, 3.63) is 0 Å². The molecule has 6 nitrogen and oxygen atoms in total. The lowest BCUT2D eigenvalue weighted by Gasteiger charge is -2.16. The van der Waals surface area contributed by atoms with E-state index in [1.54, 1.807) is 0 Å². The van der Waals surface area contributed by atoms with Crippen LogP contribution in [0.15, 0.2) is 0 Å². The molecule has 0 bridgehead atoms. The second-order valence-electron chi connectivity index (χ2n) is 10.7. The first-order valence-corrected chi connectivity index (χ1v) is 17.2. The van der Waals surface area contributed by atoms with Crippen LogP contribution >= 0.6 is 0 Å². The third-order valence-electron chi connectivity index (χ3n) is 7.14. The molecule has 0 aliphatic heterocycles. The van der Waals surface area contributed by atoms with Gasteiger partial charge in [0.05, 0.1) is 12.4 Å². The van der Waals surface area contributed by atoms with Crippen molar-refractivity contribution in [1.29, 1.82) is 0 Å². The van der Waals surface area contributed by atoms with Crippen LogP contribution in [0.2, 0.25) is 0 Å². The summed E-state index contributed by atoms with van der Waals surface area (Å²) in [6.45, 7) is 8.25. The third kappa shape index (κ3) is 31.5. The number of nitrogens with two attached hydrogens (primary N) is 1. The van der Waals surface area contributed by atoms with Gasteiger partial charge < -0.3 is 10.5 Å². The molecular formula is C30H63NO5S. The SMILES string of the molecule is CCCCCCCCCCCCCCCCCCCCCCOC(=O)[C@@H](N)[C@@H](C)CC.CCS(=O)(=O)O. The van der Waals surface area contributed by atoms with Crippen LogP contribution in [-0.4, -0.2) is 37.3 Å². The number of hydrogen-bond acceptors (Lipinski definition) is 5.